The predicted octanol–water partition coefficient (Wildman–Crippen LogP) is 8.03. The van der Waals surface area contributed by atoms with E-state index in [1.54, 1.807) is 0 Å². The Bertz CT molecular complexity index is 3650. The molecule has 9 heteroatoms. The first-order valence-electron chi connectivity index (χ1n) is 28.0. The summed E-state index contributed by atoms with van der Waals surface area (Å²) in [5, 5.41) is 0. The molecule has 0 radical (unpaired) electrons. The fraction of sp³-hybridized carbons (Fsp3) is 0.284. The average molecular weight is 987 g/mol. The highest BCUT2D eigenvalue weighted by Crippen LogP contribution is 2.53. The van der Waals surface area contributed by atoms with Crippen molar-refractivity contribution in [3.05, 3.63) is 173 Å². The number of hydrogen-bond acceptors (Lipinski definition) is 3. The standard InChI is InChI=1S/C67H75B6N3/c1-63(2,3)38-19-24-42(25-20-38)74(62-59(71)57(69)56(68)58(70)60(62)72)45-29-31-50-53(37-45)76(44-28-30-47-46-17-15-16-18-48(46)67(13,14)49(47)36-44)55-35-41(66(10,11)12)34-54-61(55)73(50)51-33-40(65(7,8)9)23-32-52(51)75(54)43-26-21-39(22-27-43)64(4,5)6/h15-37H,68-72H2,1-14H3. The summed E-state index contributed by atoms with van der Waals surface area (Å²) in [5.41, 5.74) is 31.9. The van der Waals surface area contributed by atoms with E-state index >= 15 is 0 Å². The van der Waals surface area contributed by atoms with Gasteiger partial charge in [0.1, 0.15) is 39.2 Å². The van der Waals surface area contributed by atoms with E-state index in [1.165, 1.54) is 128 Å². The van der Waals surface area contributed by atoms with Crippen LogP contribution in [-0.2, 0) is 27.1 Å². The first kappa shape index (κ1) is 51.6. The van der Waals surface area contributed by atoms with Crippen molar-refractivity contribution in [1.82, 2.24) is 0 Å². The van der Waals surface area contributed by atoms with Crippen molar-refractivity contribution in [3.8, 4) is 11.1 Å². The third-order valence-electron chi connectivity index (χ3n) is 18.0. The quantitative estimate of drug-likeness (QED) is 0.162. The van der Waals surface area contributed by atoms with Crippen LogP contribution in [0.25, 0.3) is 11.1 Å². The molecule has 11 rings (SSSR count). The van der Waals surface area contributed by atoms with E-state index in [4.69, 9.17) is 0 Å². The van der Waals surface area contributed by atoms with Crippen molar-refractivity contribution >= 4 is 141 Å². The van der Waals surface area contributed by atoms with E-state index in [-0.39, 0.29) is 33.8 Å². The third kappa shape index (κ3) is 8.15. The molecular weight excluding hydrogens is 912 g/mol. The monoisotopic (exact) mass is 988 g/mol. The number of rotatable bonds is 5. The highest BCUT2D eigenvalue weighted by atomic mass is 15.2. The molecule has 0 saturated heterocycles. The maximum absolute atomic E-state index is 2.66. The summed E-state index contributed by atoms with van der Waals surface area (Å²) in [6.07, 6.45) is 0. The Morgan fingerprint density at radius 1 is 0.395 bits per heavy atom. The molecule has 76 heavy (non-hydrogen) atoms. The van der Waals surface area contributed by atoms with Gasteiger partial charge in [-0.15, -0.1) is 5.46 Å². The minimum atomic E-state index is -0.178. The van der Waals surface area contributed by atoms with Gasteiger partial charge in [0.2, 0.25) is 0 Å². The van der Waals surface area contributed by atoms with Gasteiger partial charge in [0.25, 0.3) is 6.71 Å². The summed E-state index contributed by atoms with van der Waals surface area (Å²) < 4.78 is 0. The van der Waals surface area contributed by atoms with Gasteiger partial charge in [-0.1, -0.05) is 192 Å². The SMILES string of the molecule is Bc1c(B)c(B)c(N(c2ccc(C(C)(C)C)cc2)c2ccc3c(c2)N(c2ccc4c(c2)C(C)(C)c2ccccc2-4)c2cc(C(C)(C)C)cc4c2B3c2cc(C(C)(C)C)ccc2N4c2ccc(C(C)(C)C)cc2)c(B)c1B. The van der Waals surface area contributed by atoms with Gasteiger partial charge in [-0.25, -0.2) is 0 Å². The topological polar surface area (TPSA) is 9.72 Å². The third-order valence-corrected chi connectivity index (χ3v) is 18.0. The minimum Gasteiger partial charge on any atom is -0.312 e. The van der Waals surface area contributed by atoms with Crippen LogP contribution in [0, 0.1) is 0 Å². The molecule has 1 aliphatic carbocycles. The van der Waals surface area contributed by atoms with Gasteiger partial charge in [0.15, 0.2) is 0 Å². The molecule has 0 bridgehead atoms. The minimum absolute atomic E-state index is 0.0249. The molecule has 0 amide bonds. The maximum Gasteiger partial charge on any atom is 0.252 e. The van der Waals surface area contributed by atoms with Gasteiger partial charge in [0.05, 0.1) is 0 Å². The molecule has 3 aliphatic rings. The van der Waals surface area contributed by atoms with Crippen LogP contribution in [0.5, 0.6) is 0 Å². The molecule has 3 nitrogen and oxygen atoms in total. The van der Waals surface area contributed by atoms with Crippen LogP contribution >= 0.6 is 0 Å². The second-order valence-corrected chi connectivity index (χ2v) is 27.4. The second kappa shape index (κ2) is 17.5. The number of nitrogens with zero attached hydrogens (tertiary/aromatic N) is 3. The molecule has 0 fully saturated rings. The van der Waals surface area contributed by atoms with Gasteiger partial charge >= 0.3 is 0 Å². The first-order chi connectivity index (χ1) is 35.6. The van der Waals surface area contributed by atoms with Crippen LogP contribution in [-0.4, -0.2) is 45.9 Å². The Morgan fingerprint density at radius 2 is 0.882 bits per heavy atom. The van der Waals surface area contributed by atoms with Crippen LogP contribution < -0.4 is 58.4 Å². The average Bonchev–Trinajstić information content (AvgIpc) is 3.63. The van der Waals surface area contributed by atoms with Crippen LogP contribution in [0.15, 0.2) is 140 Å². The lowest BCUT2D eigenvalue weighted by atomic mass is 9.33. The van der Waals surface area contributed by atoms with Crippen LogP contribution in [0.2, 0.25) is 0 Å². The van der Waals surface area contributed by atoms with Crippen LogP contribution in [0.1, 0.15) is 130 Å². The summed E-state index contributed by atoms with van der Waals surface area (Å²) in [7, 11) is 11.6. The number of hydrogen-bond donors (Lipinski definition) is 0. The lowest BCUT2D eigenvalue weighted by molar-refractivity contribution is 0.589. The molecule has 8 aromatic carbocycles. The highest BCUT2D eigenvalue weighted by Gasteiger charge is 2.46. The van der Waals surface area contributed by atoms with Gasteiger partial charge in [-0.2, -0.15) is 0 Å². The first-order valence-corrected chi connectivity index (χ1v) is 28.0. The summed E-state index contributed by atoms with van der Waals surface area (Å²) in [4.78, 5) is 7.82. The smallest absolute Gasteiger partial charge is 0.252 e. The number of fused-ring (bicyclic) bond motifs is 7. The fourth-order valence-corrected chi connectivity index (χ4v) is 12.9. The Morgan fingerprint density at radius 3 is 1.46 bits per heavy atom. The molecule has 2 heterocycles. The molecule has 0 atom stereocenters. The van der Waals surface area contributed by atoms with Gasteiger partial charge in [0, 0.05) is 56.6 Å². The Hall–Kier alpha value is -6.45. The molecule has 2 aliphatic heterocycles. The molecule has 0 aromatic heterocycles. The largest absolute Gasteiger partial charge is 0.312 e. The zero-order valence-corrected chi connectivity index (χ0v) is 49.2. The van der Waals surface area contributed by atoms with Gasteiger partial charge in [-0.05, 0) is 149 Å². The van der Waals surface area contributed by atoms with Gasteiger partial charge < -0.3 is 14.7 Å². The summed E-state index contributed by atoms with van der Waals surface area (Å²) >= 11 is 0. The normalized spacial score (nSPS) is 14.5. The van der Waals surface area contributed by atoms with Crippen molar-refractivity contribution < 1.29 is 0 Å². The summed E-state index contributed by atoms with van der Waals surface area (Å²) in [6, 6.07) is 55.1. The fourth-order valence-electron chi connectivity index (χ4n) is 12.9. The lowest BCUT2D eigenvalue weighted by Crippen LogP contribution is -2.61. The zero-order valence-electron chi connectivity index (χ0n) is 49.2. The Balaban J connectivity index is 1.26. The van der Waals surface area contributed by atoms with Crippen LogP contribution in [0.4, 0.5) is 51.2 Å². The Kier molecular flexibility index (Phi) is 11.9. The van der Waals surface area contributed by atoms with E-state index in [9.17, 15) is 0 Å². The molecule has 0 N–H and O–H groups in total. The van der Waals surface area contributed by atoms with Crippen molar-refractivity contribution in [1.29, 1.82) is 0 Å². The number of benzene rings is 8. The van der Waals surface area contributed by atoms with Crippen molar-refractivity contribution in [2.45, 2.75) is 124 Å². The second-order valence-electron chi connectivity index (χ2n) is 27.4. The summed E-state index contributed by atoms with van der Waals surface area (Å²) in [5.74, 6) is 0. The van der Waals surface area contributed by atoms with Gasteiger partial charge in [-0.3, -0.25) is 0 Å². The summed E-state index contributed by atoms with van der Waals surface area (Å²) in [6.45, 7) is 32.8. The molecule has 0 spiro atoms. The van der Waals surface area contributed by atoms with Crippen molar-refractivity contribution in [3.63, 3.8) is 0 Å². The van der Waals surface area contributed by atoms with E-state index < -0.39 is 0 Å². The molecule has 8 aromatic rings. The molecule has 376 valence electrons. The maximum atomic E-state index is 2.66. The predicted molar refractivity (Wildman–Crippen MR) is 348 cm³/mol. The molecule has 0 unspecified atom stereocenters. The van der Waals surface area contributed by atoms with Crippen LogP contribution in [0.3, 0.4) is 0 Å². The highest BCUT2D eigenvalue weighted by molar-refractivity contribution is 7.00. The molecular formula is C67H75B6N3. The van der Waals surface area contributed by atoms with E-state index in [2.05, 4.69) is 290 Å². The van der Waals surface area contributed by atoms with E-state index in [1.807, 2.05) is 0 Å². The lowest BCUT2D eigenvalue weighted by Gasteiger charge is -2.46. The zero-order chi connectivity index (χ0) is 54.5. The van der Waals surface area contributed by atoms with E-state index in [0.29, 0.717) is 0 Å². The van der Waals surface area contributed by atoms with Crippen molar-refractivity contribution in [2.75, 3.05) is 14.7 Å². The van der Waals surface area contributed by atoms with Crippen molar-refractivity contribution in [2.24, 2.45) is 0 Å². The molecule has 0 saturated carbocycles. The Labute approximate surface area is 461 Å². The van der Waals surface area contributed by atoms with E-state index in [0.717, 1.165) is 11.4 Å². The number of anilines is 9.